The SMILES string of the molecule is CC(C)N(Cc1ccncc1)CC1CCCN1. The maximum Gasteiger partial charge on any atom is 0.0271 e. The van der Waals surface area contributed by atoms with Crippen molar-refractivity contribution in [2.75, 3.05) is 13.1 Å². The summed E-state index contributed by atoms with van der Waals surface area (Å²) in [7, 11) is 0. The molecule has 17 heavy (non-hydrogen) atoms. The molecule has 1 atom stereocenters. The van der Waals surface area contributed by atoms with Crippen molar-refractivity contribution in [3.05, 3.63) is 30.1 Å². The van der Waals surface area contributed by atoms with Crippen molar-refractivity contribution in [2.24, 2.45) is 0 Å². The van der Waals surface area contributed by atoms with Gasteiger partial charge < -0.3 is 5.32 Å². The van der Waals surface area contributed by atoms with Crippen LogP contribution in [0.15, 0.2) is 24.5 Å². The highest BCUT2D eigenvalue weighted by Crippen LogP contribution is 2.12. The molecule has 1 fully saturated rings. The first kappa shape index (κ1) is 12.5. The minimum absolute atomic E-state index is 0.588. The number of hydrogen-bond donors (Lipinski definition) is 1. The van der Waals surface area contributed by atoms with E-state index in [1.54, 1.807) is 0 Å². The van der Waals surface area contributed by atoms with Crippen molar-refractivity contribution in [2.45, 2.75) is 45.3 Å². The molecule has 0 aromatic carbocycles. The average molecular weight is 233 g/mol. The predicted octanol–water partition coefficient (Wildman–Crippen LogP) is 2.04. The van der Waals surface area contributed by atoms with Gasteiger partial charge in [0.25, 0.3) is 0 Å². The fourth-order valence-corrected chi connectivity index (χ4v) is 2.38. The van der Waals surface area contributed by atoms with E-state index in [4.69, 9.17) is 0 Å². The molecular weight excluding hydrogens is 210 g/mol. The summed E-state index contributed by atoms with van der Waals surface area (Å²) in [5.41, 5.74) is 1.35. The number of rotatable bonds is 5. The number of hydrogen-bond acceptors (Lipinski definition) is 3. The van der Waals surface area contributed by atoms with Crippen LogP contribution < -0.4 is 5.32 Å². The van der Waals surface area contributed by atoms with E-state index in [1.807, 2.05) is 12.4 Å². The van der Waals surface area contributed by atoms with Gasteiger partial charge in [-0.25, -0.2) is 0 Å². The molecule has 1 aromatic rings. The van der Waals surface area contributed by atoms with Gasteiger partial charge in [0.1, 0.15) is 0 Å². The first-order valence-electron chi connectivity index (χ1n) is 6.62. The summed E-state index contributed by atoms with van der Waals surface area (Å²) in [6.07, 6.45) is 6.40. The van der Waals surface area contributed by atoms with Crippen molar-refractivity contribution in [3.8, 4) is 0 Å². The lowest BCUT2D eigenvalue weighted by molar-refractivity contribution is 0.194. The molecule has 0 amide bonds. The zero-order valence-corrected chi connectivity index (χ0v) is 10.9. The van der Waals surface area contributed by atoms with E-state index >= 15 is 0 Å². The minimum atomic E-state index is 0.588. The van der Waals surface area contributed by atoms with Crippen LogP contribution in [0.3, 0.4) is 0 Å². The summed E-state index contributed by atoms with van der Waals surface area (Å²) in [5, 5.41) is 3.57. The molecule has 1 aliphatic rings. The molecule has 1 saturated heterocycles. The van der Waals surface area contributed by atoms with E-state index in [0.717, 1.165) is 13.1 Å². The predicted molar refractivity (Wildman–Crippen MR) is 70.8 cm³/mol. The normalized spacial score (nSPS) is 20.4. The van der Waals surface area contributed by atoms with E-state index in [0.29, 0.717) is 12.1 Å². The third-order valence-electron chi connectivity index (χ3n) is 3.48. The van der Waals surface area contributed by atoms with Crippen LogP contribution in [0.4, 0.5) is 0 Å². The van der Waals surface area contributed by atoms with Crippen LogP contribution in [0.5, 0.6) is 0 Å². The molecule has 3 nitrogen and oxygen atoms in total. The first-order valence-corrected chi connectivity index (χ1v) is 6.62. The monoisotopic (exact) mass is 233 g/mol. The third-order valence-corrected chi connectivity index (χ3v) is 3.48. The van der Waals surface area contributed by atoms with E-state index in [9.17, 15) is 0 Å². The van der Waals surface area contributed by atoms with Gasteiger partial charge in [0.05, 0.1) is 0 Å². The molecule has 0 aliphatic carbocycles. The molecule has 0 radical (unpaired) electrons. The highest BCUT2D eigenvalue weighted by molar-refractivity contribution is 5.09. The van der Waals surface area contributed by atoms with Gasteiger partial charge in [-0.3, -0.25) is 9.88 Å². The van der Waals surface area contributed by atoms with E-state index < -0.39 is 0 Å². The van der Waals surface area contributed by atoms with Crippen LogP contribution in [0.25, 0.3) is 0 Å². The van der Waals surface area contributed by atoms with Gasteiger partial charge >= 0.3 is 0 Å². The lowest BCUT2D eigenvalue weighted by Gasteiger charge is -2.29. The molecule has 1 aliphatic heterocycles. The summed E-state index contributed by atoms with van der Waals surface area (Å²) < 4.78 is 0. The number of aromatic nitrogens is 1. The molecule has 1 unspecified atom stereocenters. The van der Waals surface area contributed by atoms with Gasteiger partial charge in [0.15, 0.2) is 0 Å². The molecular formula is C14H23N3. The molecule has 1 N–H and O–H groups in total. The second kappa shape index (κ2) is 6.12. The fourth-order valence-electron chi connectivity index (χ4n) is 2.38. The number of pyridine rings is 1. The Hall–Kier alpha value is -0.930. The Bertz CT molecular complexity index is 317. The zero-order valence-electron chi connectivity index (χ0n) is 10.9. The molecule has 2 rings (SSSR count). The van der Waals surface area contributed by atoms with Crippen molar-refractivity contribution in [1.82, 2.24) is 15.2 Å². The minimum Gasteiger partial charge on any atom is -0.313 e. The summed E-state index contributed by atoms with van der Waals surface area (Å²) in [6, 6.07) is 5.49. The Morgan fingerprint density at radius 3 is 2.76 bits per heavy atom. The Morgan fingerprint density at radius 1 is 1.41 bits per heavy atom. The largest absolute Gasteiger partial charge is 0.313 e. The molecule has 0 bridgehead atoms. The second-order valence-electron chi connectivity index (χ2n) is 5.17. The van der Waals surface area contributed by atoms with Crippen molar-refractivity contribution in [3.63, 3.8) is 0 Å². The van der Waals surface area contributed by atoms with Crippen LogP contribution >= 0.6 is 0 Å². The van der Waals surface area contributed by atoms with Gasteiger partial charge in [0, 0.05) is 37.6 Å². The molecule has 0 spiro atoms. The number of nitrogens with zero attached hydrogens (tertiary/aromatic N) is 2. The van der Waals surface area contributed by atoms with Crippen molar-refractivity contribution < 1.29 is 0 Å². The molecule has 2 heterocycles. The molecule has 94 valence electrons. The molecule has 0 saturated carbocycles. The van der Waals surface area contributed by atoms with Gasteiger partial charge in [-0.1, -0.05) is 0 Å². The van der Waals surface area contributed by atoms with Crippen molar-refractivity contribution in [1.29, 1.82) is 0 Å². The summed E-state index contributed by atoms with van der Waals surface area (Å²) >= 11 is 0. The summed E-state index contributed by atoms with van der Waals surface area (Å²) in [5.74, 6) is 0. The summed E-state index contributed by atoms with van der Waals surface area (Å²) in [6.45, 7) is 7.91. The highest BCUT2D eigenvalue weighted by Gasteiger charge is 2.19. The van der Waals surface area contributed by atoms with Gasteiger partial charge in [-0.2, -0.15) is 0 Å². The lowest BCUT2D eigenvalue weighted by Crippen LogP contribution is -2.40. The number of nitrogens with one attached hydrogen (secondary N) is 1. The maximum atomic E-state index is 4.07. The van der Waals surface area contributed by atoms with E-state index in [-0.39, 0.29) is 0 Å². The molecule has 3 heteroatoms. The van der Waals surface area contributed by atoms with E-state index in [2.05, 4.69) is 41.2 Å². The second-order valence-corrected chi connectivity index (χ2v) is 5.17. The van der Waals surface area contributed by atoms with Crippen LogP contribution in [-0.2, 0) is 6.54 Å². The highest BCUT2D eigenvalue weighted by atomic mass is 15.2. The third kappa shape index (κ3) is 3.79. The van der Waals surface area contributed by atoms with Crippen LogP contribution in [-0.4, -0.2) is 35.1 Å². The van der Waals surface area contributed by atoms with Crippen LogP contribution in [0.2, 0.25) is 0 Å². The average Bonchev–Trinajstić information content (AvgIpc) is 2.82. The smallest absolute Gasteiger partial charge is 0.0271 e. The van der Waals surface area contributed by atoms with Gasteiger partial charge in [-0.05, 0) is 50.9 Å². The standard InChI is InChI=1S/C14H23N3/c1-12(2)17(11-14-4-3-7-16-14)10-13-5-8-15-9-6-13/h5-6,8-9,12,14,16H,3-4,7,10-11H2,1-2H3. The zero-order chi connectivity index (χ0) is 12.1. The van der Waals surface area contributed by atoms with Gasteiger partial charge in [-0.15, -0.1) is 0 Å². The first-order chi connectivity index (χ1) is 8.25. The Kier molecular flexibility index (Phi) is 4.51. The Labute approximate surface area is 104 Å². The van der Waals surface area contributed by atoms with Crippen LogP contribution in [0.1, 0.15) is 32.3 Å². The Balaban J connectivity index is 1.92. The summed E-state index contributed by atoms with van der Waals surface area (Å²) in [4.78, 5) is 6.61. The Morgan fingerprint density at radius 2 is 2.18 bits per heavy atom. The fraction of sp³-hybridized carbons (Fsp3) is 0.643. The van der Waals surface area contributed by atoms with Crippen LogP contribution in [0, 0.1) is 0 Å². The van der Waals surface area contributed by atoms with Crippen molar-refractivity contribution >= 4 is 0 Å². The van der Waals surface area contributed by atoms with E-state index in [1.165, 1.54) is 24.9 Å². The topological polar surface area (TPSA) is 28.2 Å². The quantitative estimate of drug-likeness (QED) is 0.843. The molecule has 1 aromatic heterocycles. The maximum absolute atomic E-state index is 4.07. The lowest BCUT2D eigenvalue weighted by atomic mass is 10.1. The van der Waals surface area contributed by atoms with Gasteiger partial charge in [0.2, 0.25) is 0 Å².